The fourth-order valence-corrected chi connectivity index (χ4v) is 3.77. The second-order valence-corrected chi connectivity index (χ2v) is 8.01. The van der Waals surface area contributed by atoms with E-state index < -0.39 is 11.8 Å². The van der Waals surface area contributed by atoms with Crippen LogP contribution < -0.4 is 15.0 Å². The van der Waals surface area contributed by atoms with E-state index in [4.69, 9.17) is 16.3 Å². The number of ether oxygens (including phenoxy) is 1. The lowest BCUT2D eigenvalue weighted by molar-refractivity contribution is -0.120. The predicted octanol–water partition coefficient (Wildman–Crippen LogP) is 5.75. The number of halogens is 1. The van der Waals surface area contributed by atoms with Gasteiger partial charge in [-0.25, -0.2) is 4.90 Å². The van der Waals surface area contributed by atoms with Crippen molar-refractivity contribution in [1.82, 2.24) is 0 Å². The minimum Gasteiger partial charge on any atom is -0.494 e. The van der Waals surface area contributed by atoms with Crippen LogP contribution in [0, 0.1) is 13.8 Å². The molecule has 2 amide bonds. The molecule has 6 heteroatoms. The van der Waals surface area contributed by atoms with Crippen LogP contribution in [0.2, 0.25) is 5.02 Å². The quantitative estimate of drug-likeness (QED) is 0.489. The maximum atomic E-state index is 13.6. The normalized spacial score (nSPS) is 13.7. The van der Waals surface area contributed by atoms with Crippen LogP contribution >= 0.6 is 11.6 Å². The number of rotatable bonds is 6. The Morgan fingerprint density at radius 3 is 2.41 bits per heavy atom. The van der Waals surface area contributed by atoms with Gasteiger partial charge in [-0.1, -0.05) is 41.9 Å². The van der Waals surface area contributed by atoms with Crippen molar-refractivity contribution < 1.29 is 14.3 Å². The van der Waals surface area contributed by atoms with Crippen molar-refractivity contribution in [3.8, 4) is 5.75 Å². The molecule has 0 aliphatic carbocycles. The van der Waals surface area contributed by atoms with E-state index in [0.717, 1.165) is 16.8 Å². The Labute approximate surface area is 192 Å². The minimum atomic E-state index is -0.422. The van der Waals surface area contributed by atoms with E-state index in [1.54, 1.807) is 48.5 Å². The van der Waals surface area contributed by atoms with Crippen LogP contribution in [-0.4, -0.2) is 18.4 Å². The Hall–Kier alpha value is -3.57. The monoisotopic (exact) mass is 446 g/mol. The number of carbonyl (C=O) groups is 2. The van der Waals surface area contributed by atoms with Gasteiger partial charge in [-0.2, -0.15) is 0 Å². The molecule has 1 aliphatic heterocycles. The van der Waals surface area contributed by atoms with E-state index in [1.165, 1.54) is 4.90 Å². The number of carbonyl (C=O) groups excluding carboxylic acids is 2. The molecule has 3 aromatic rings. The second kappa shape index (κ2) is 8.89. The molecule has 1 N–H and O–H groups in total. The molecule has 1 aliphatic rings. The largest absolute Gasteiger partial charge is 0.494 e. The van der Waals surface area contributed by atoms with Gasteiger partial charge in [-0.3, -0.25) is 9.59 Å². The number of hydrogen-bond donors (Lipinski definition) is 1. The summed E-state index contributed by atoms with van der Waals surface area (Å²) in [5.74, 6) is -0.233. The summed E-state index contributed by atoms with van der Waals surface area (Å²) in [6.45, 7) is 6.30. The Kier molecular flexibility index (Phi) is 6.01. The summed E-state index contributed by atoms with van der Waals surface area (Å²) in [7, 11) is 0. The first kappa shape index (κ1) is 21.7. The number of anilines is 2. The summed E-state index contributed by atoms with van der Waals surface area (Å²) < 4.78 is 5.56. The van der Waals surface area contributed by atoms with Gasteiger partial charge < -0.3 is 10.1 Å². The van der Waals surface area contributed by atoms with Crippen molar-refractivity contribution in [2.45, 2.75) is 20.8 Å². The third-order valence-corrected chi connectivity index (χ3v) is 5.51. The highest BCUT2D eigenvalue weighted by Gasteiger charge is 2.40. The van der Waals surface area contributed by atoms with Crippen molar-refractivity contribution in [2.75, 3.05) is 16.8 Å². The van der Waals surface area contributed by atoms with Crippen molar-refractivity contribution in [3.63, 3.8) is 0 Å². The molecule has 4 rings (SSSR count). The maximum Gasteiger partial charge on any atom is 0.282 e. The summed E-state index contributed by atoms with van der Waals surface area (Å²) in [4.78, 5) is 28.3. The first-order valence-corrected chi connectivity index (χ1v) is 10.7. The zero-order valence-electron chi connectivity index (χ0n) is 18.1. The lowest BCUT2D eigenvalue weighted by Gasteiger charge is -2.17. The van der Waals surface area contributed by atoms with Gasteiger partial charge in [0, 0.05) is 16.8 Å². The van der Waals surface area contributed by atoms with Crippen LogP contribution in [0.1, 0.15) is 23.6 Å². The highest BCUT2D eigenvalue weighted by Crippen LogP contribution is 2.35. The summed E-state index contributed by atoms with van der Waals surface area (Å²) >= 11 is 6.05. The zero-order valence-corrected chi connectivity index (χ0v) is 18.9. The molecule has 162 valence electrons. The summed E-state index contributed by atoms with van der Waals surface area (Å²) in [6.07, 6.45) is 0. The van der Waals surface area contributed by atoms with Crippen LogP contribution in [0.25, 0.3) is 5.57 Å². The predicted molar refractivity (Wildman–Crippen MR) is 128 cm³/mol. The van der Waals surface area contributed by atoms with Gasteiger partial charge >= 0.3 is 0 Å². The van der Waals surface area contributed by atoms with Gasteiger partial charge in [-0.05, 0) is 67.8 Å². The van der Waals surface area contributed by atoms with E-state index in [0.29, 0.717) is 34.2 Å². The third kappa shape index (κ3) is 4.12. The number of imide groups is 1. The van der Waals surface area contributed by atoms with Crippen LogP contribution in [0.4, 0.5) is 11.4 Å². The molecule has 1 heterocycles. The molecule has 0 unspecified atom stereocenters. The van der Waals surface area contributed by atoms with Crippen LogP contribution in [-0.2, 0) is 9.59 Å². The van der Waals surface area contributed by atoms with E-state index in [2.05, 4.69) is 5.32 Å². The number of nitrogens with one attached hydrogen (secondary N) is 1. The molecular formula is C26H23ClN2O3. The molecule has 0 saturated heterocycles. The number of aryl methyl sites for hydroxylation is 2. The Morgan fingerprint density at radius 2 is 1.69 bits per heavy atom. The highest BCUT2D eigenvalue weighted by molar-refractivity contribution is 6.46. The Bertz CT molecular complexity index is 1230. The van der Waals surface area contributed by atoms with Crippen molar-refractivity contribution in [2.24, 2.45) is 0 Å². The Balaban J connectivity index is 1.82. The van der Waals surface area contributed by atoms with E-state index in [9.17, 15) is 9.59 Å². The molecule has 0 aromatic heterocycles. The van der Waals surface area contributed by atoms with E-state index in [1.807, 2.05) is 39.0 Å². The number of hydrogen-bond acceptors (Lipinski definition) is 4. The average Bonchev–Trinajstić information content (AvgIpc) is 3.01. The molecule has 0 atom stereocenters. The molecule has 3 aromatic carbocycles. The minimum absolute atomic E-state index is 0.229. The number of nitrogens with zero attached hydrogens (tertiary/aromatic N) is 1. The first-order valence-electron chi connectivity index (χ1n) is 10.3. The molecule has 0 fully saturated rings. The molecule has 0 radical (unpaired) electrons. The van der Waals surface area contributed by atoms with Gasteiger partial charge in [0.2, 0.25) is 0 Å². The van der Waals surface area contributed by atoms with Crippen molar-refractivity contribution >= 4 is 40.4 Å². The second-order valence-electron chi connectivity index (χ2n) is 7.58. The third-order valence-electron chi connectivity index (χ3n) is 5.26. The fourth-order valence-electron chi connectivity index (χ4n) is 3.65. The molecule has 5 nitrogen and oxygen atoms in total. The van der Waals surface area contributed by atoms with Gasteiger partial charge in [-0.15, -0.1) is 0 Å². The molecule has 0 spiro atoms. The molecule has 32 heavy (non-hydrogen) atoms. The van der Waals surface area contributed by atoms with Crippen LogP contribution in [0.5, 0.6) is 5.75 Å². The average molecular weight is 447 g/mol. The van der Waals surface area contributed by atoms with Crippen molar-refractivity contribution in [3.05, 3.63) is 94.1 Å². The lowest BCUT2D eigenvalue weighted by atomic mass is 10.0. The SMILES string of the molecule is CCOc1cccc(N2C(=O)C(Nc3cc(C)ccc3C)=C(c3ccc(Cl)cc3)C2=O)c1. The molecule has 0 bridgehead atoms. The van der Waals surface area contributed by atoms with Gasteiger partial charge in [0.15, 0.2) is 0 Å². The van der Waals surface area contributed by atoms with E-state index in [-0.39, 0.29) is 5.70 Å². The lowest BCUT2D eigenvalue weighted by Crippen LogP contribution is -2.32. The molecule has 0 saturated carbocycles. The number of benzene rings is 3. The van der Waals surface area contributed by atoms with Gasteiger partial charge in [0.1, 0.15) is 11.4 Å². The van der Waals surface area contributed by atoms with Gasteiger partial charge in [0.25, 0.3) is 11.8 Å². The number of amides is 2. The van der Waals surface area contributed by atoms with Crippen LogP contribution in [0.3, 0.4) is 0 Å². The highest BCUT2D eigenvalue weighted by atomic mass is 35.5. The van der Waals surface area contributed by atoms with Crippen molar-refractivity contribution in [1.29, 1.82) is 0 Å². The summed E-state index contributed by atoms with van der Waals surface area (Å²) in [6, 6.07) is 19.8. The fraction of sp³-hybridized carbons (Fsp3) is 0.154. The van der Waals surface area contributed by atoms with E-state index >= 15 is 0 Å². The van der Waals surface area contributed by atoms with Crippen LogP contribution in [0.15, 0.2) is 72.4 Å². The Morgan fingerprint density at radius 1 is 0.938 bits per heavy atom. The summed E-state index contributed by atoms with van der Waals surface area (Å²) in [5.41, 5.74) is 4.39. The van der Waals surface area contributed by atoms with Gasteiger partial charge in [0.05, 0.1) is 17.9 Å². The smallest absolute Gasteiger partial charge is 0.282 e. The maximum absolute atomic E-state index is 13.6. The molecular weight excluding hydrogens is 424 g/mol. The standard InChI is InChI=1S/C26H23ClN2O3/c1-4-32-21-7-5-6-20(15-21)29-25(30)23(18-10-12-19(27)13-11-18)24(26(29)31)28-22-14-16(2)8-9-17(22)3/h5-15,28H,4H2,1-3H3. The first-order chi connectivity index (χ1) is 15.4. The topological polar surface area (TPSA) is 58.6 Å². The zero-order chi connectivity index (χ0) is 22.8. The summed E-state index contributed by atoms with van der Waals surface area (Å²) in [5, 5.41) is 3.79.